The van der Waals surface area contributed by atoms with Gasteiger partial charge < -0.3 is 5.32 Å². The van der Waals surface area contributed by atoms with Crippen LogP contribution < -0.4 is 5.32 Å². The highest BCUT2D eigenvalue weighted by Gasteiger charge is 2.04. The number of carbonyl (C=O) groups excluding carboxylic acids is 1. The molecule has 0 bridgehead atoms. The van der Waals surface area contributed by atoms with E-state index in [1.54, 1.807) is 12.1 Å². The van der Waals surface area contributed by atoms with Gasteiger partial charge in [-0.05, 0) is 36.4 Å². The Morgan fingerprint density at radius 3 is 2.63 bits per heavy atom. The number of nitrogens with one attached hydrogen (secondary N) is 1. The van der Waals surface area contributed by atoms with Crippen LogP contribution in [0.4, 0.5) is 5.82 Å². The molecular formula is C13H10BrClN2OS. The van der Waals surface area contributed by atoms with Gasteiger partial charge in [0.15, 0.2) is 0 Å². The third kappa shape index (κ3) is 4.86. The van der Waals surface area contributed by atoms with Gasteiger partial charge in [-0.3, -0.25) is 4.79 Å². The summed E-state index contributed by atoms with van der Waals surface area (Å²) in [6, 6.07) is 11.2. The number of thioether (sulfide) groups is 1. The molecule has 1 aromatic heterocycles. The zero-order valence-corrected chi connectivity index (χ0v) is 12.9. The van der Waals surface area contributed by atoms with Gasteiger partial charge in [0.2, 0.25) is 5.91 Å². The molecule has 0 saturated carbocycles. The maximum atomic E-state index is 11.7. The minimum Gasteiger partial charge on any atom is -0.310 e. The third-order valence-corrected chi connectivity index (χ3v) is 3.94. The van der Waals surface area contributed by atoms with Crippen LogP contribution in [0.15, 0.2) is 52.0 Å². The van der Waals surface area contributed by atoms with E-state index in [9.17, 15) is 4.79 Å². The highest BCUT2D eigenvalue weighted by molar-refractivity contribution is 9.10. The van der Waals surface area contributed by atoms with Crippen molar-refractivity contribution >= 4 is 51.0 Å². The first-order valence-corrected chi connectivity index (χ1v) is 7.59. The first-order valence-electron chi connectivity index (χ1n) is 5.43. The first kappa shape index (κ1) is 14.4. The number of aromatic nitrogens is 1. The lowest BCUT2D eigenvalue weighted by Gasteiger charge is -2.04. The Kier molecular flexibility index (Phi) is 5.24. The zero-order valence-electron chi connectivity index (χ0n) is 9.77. The summed E-state index contributed by atoms with van der Waals surface area (Å²) in [7, 11) is 0. The number of carbonyl (C=O) groups is 1. The number of benzene rings is 1. The standard InChI is InChI=1S/C13H10BrClN2OS/c14-9-1-4-11(5-2-9)19-8-13(18)17-12-6-3-10(15)7-16-12/h1-7H,8H2,(H,16,17,18). The van der Waals surface area contributed by atoms with Gasteiger partial charge in [-0.1, -0.05) is 27.5 Å². The minimum atomic E-state index is -0.0947. The molecule has 0 fully saturated rings. The van der Waals surface area contributed by atoms with Crippen molar-refractivity contribution in [2.24, 2.45) is 0 Å². The van der Waals surface area contributed by atoms with Crippen LogP contribution in [0.2, 0.25) is 5.02 Å². The second kappa shape index (κ2) is 6.93. The SMILES string of the molecule is O=C(CSc1ccc(Br)cc1)Nc1ccc(Cl)cn1. The van der Waals surface area contributed by atoms with Crippen LogP contribution in [0.25, 0.3) is 0 Å². The molecule has 2 rings (SSSR count). The molecule has 6 heteroatoms. The maximum absolute atomic E-state index is 11.7. The average molecular weight is 358 g/mol. The number of rotatable bonds is 4. The van der Waals surface area contributed by atoms with Gasteiger partial charge in [0, 0.05) is 15.6 Å². The first-order chi connectivity index (χ1) is 9.13. The van der Waals surface area contributed by atoms with Crippen LogP contribution >= 0.6 is 39.3 Å². The molecule has 0 spiro atoms. The molecule has 0 saturated heterocycles. The van der Waals surface area contributed by atoms with E-state index < -0.39 is 0 Å². The number of hydrogen-bond acceptors (Lipinski definition) is 3. The van der Waals surface area contributed by atoms with Gasteiger partial charge >= 0.3 is 0 Å². The zero-order chi connectivity index (χ0) is 13.7. The molecule has 2 aromatic rings. The number of pyridine rings is 1. The molecular weight excluding hydrogens is 348 g/mol. The van der Waals surface area contributed by atoms with Crippen LogP contribution in [-0.2, 0) is 4.79 Å². The van der Waals surface area contributed by atoms with Crippen LogP contribution in [0.1, 0.15) is 0 Å². The van der Waals surface area contributed by atoms with E-state index in [0.717, 1.165) is 9.37 Å². The molecule has 0 aliphatic rings. The van der Waals surface area contributed by atoms with E-state index >= 15 is 0 Å². The van der Waals surface area contributed by atoms with Crippen molar-refractivity contribution < 1.29 is 4.79 Å². The Balaban J connectivity index is 1.84. The lowest BCUT2D eigenvalue weighted by Crippen LogP contribution is -2.14. The van der Waals surface area contributed by atoms with Gasteiger partial charge in [0.25, 0.3) is 0 Å². The fourth-order valence-corrected chi connectivity index (χ4v) is 2.38. The van der Waals surface area contributed by atoms with Crippen LogP contribution in [0.5, 0.6) is 0 Å². The Labute approximate surface area is 128 Å². The summed E-state index contributed by atoms with van der Waals surface area (Å²) < 4.78 is 1.02. The summed E-state index contributed by atoms with van der Waals surface area (Å²) in [5.41, 5.74) is 0. The summed E-state index contributed by atoms with van der Waals surface area (Å²) in [4.78, 5) is 16.8. The smallest absolute Gasteiger partial charge is 0.235 e. The normalized spacial score (nSPS) is 10.2. The second-order valence-corrected chi connectivity index (χ2v) is 6.05. The predicted octanol–water partition coefficient (Wildman–Crippen LogP) is 4.23. The molecule has 0 unspecified atom stereocenters. The highest BCUT2D eigenvalue weighted by Crippen LogP contribution is 2.20. The summed E-state index contributed by atoms with van der Waals surface area (Å²) in [6.07, 6.45) is 1.50. The number of hydrogen-bond donors (Lipinski definition) is 1. The Hall–Kier alpha value is -1.04. The minimum absolute atomic E-state index is 0.0947. The average Bonchev–Trinajstić information content (AvgIpc) is 2.41. The van der Waals surface area contributed by atoms with E-state index in [-0.39, 0.29) is 5.91 Å². The molecule has 0 radical (unpaired) electrons. The Morgan fingerprint density at radius 1 is 1.26 bits per heavy atom. The third-order valence-electron chi connectivity index (χ3n) is 2.18. The van der Waals surface area contributed by atoms with Crippen LogP contribution in [0.3, 0.4) is 0 Å². The van der Waals surface area contributed by atoms with Gasteiger partial charge in [0.05, 0.1) is 10.8 Å². The van der Waals surface area contributed by atoms with Gasteiger partial charge in [-0.15, -0.1) is 11.8 Å². The van der Waals surface area contributed by atoms with Crippen LogP contribution in [0, 0.1) is 0 Å². The monoisotopic (exact) mass is 356 g/mol. The topological polar surface area (TPSA) is 42.0 Å². The molecule has 98 valence electrons. The van der Waals surface area contributed by atoms with Gasteiger partial charge in [0.1, 0.15) is 5.82 Å². The lowest BCUT2D eigenvalue weighted by molar-refractivity contribution is -0.113. The van der Waals surface area contributed by atoms with Crippen molar-refractivity contribution in [3.8, 4) is 0 Å². The maximum Gasteiger partial charge on any atom is 0.235 e. The number of nitrogens with zero attached hydrogens (tertiary/aromatic N) is 1. The molecule has 1 aromatic carbocycles. The Bertz CT molecular complexity index is 560. The number of anilines is 1. The summed E-state index contributed by atoms with van der Waals surface area (Å²) in [5, 5.41) is 3.26. The van der Waals surface area contributed by atoms with Gasteiger partial charge in [-0.2, -0.15) is 0 Å². The molecule has 0 aliphatic carbocycles. The molecule has 19 heavy (non-hydrogen) atoms. The summed E-state index contributed by atoms with van der Waals surface area (Å²) in [5.74, 6) is 0.750. The largest absolute Gasteiger partial charge is 0.310 e. The van der Waals surface area contributed by atoms with Crippen LogP contribution in [-0.4, -0.2) is 16.6 Å². The van der Waals surface area contributed by atoms with E-state index in [1.165, 1.54) is 18.0 Å². The fraction of sp³-hybridized carbons (Fsp3) is 0.0769. The van der Waals surface area contributed by atoms with Crippen molar-refractivity contribution in [3.63, 3.8) is 0 Å². The quantitative estimate of drug-likeness (QED) is 0.833. The van der Waals surface area contributed by atoms with E-state index in [0.29, 0.717) is 16.6 Å². The highest BCUT2D eigenvalue weighted by atomic mass is 79.9. The number of amides is 1. The predicted molar refractivity (Wildman–Crippen MR) is 82.7 cm³/mol. The second-order valence-electron chi connectivity index (χ2n) is 3.65. The molecule has 3 nitrogen and oxygen atoms in total. The van der Waals surface area contributed by atoms with Gasteiger partial charge in [-0.25, -0.2) is 4.98 Å². The van der Waals surface area contributed by atoms with Crippen molar-refractivity contribution in [1.29, 1.82) is 0 Å². The van der Waals surface area contributed by atoms with E-state index in [1.807, 2.05) is 24.3 Å². The van der Waals surface area contributed by atoms with E-state index in [4.69, 9.17) is 11.6 Å². The lowest BCUT2D eigenvalue weighted by atomic mass is 10.4. The Morgan fingerprint density at radius 2 is 2.00 bits per heavy atom. The van der Waals surface area contributed by atoms with Crippen molar-refractivity contribution in [1.82, 2.24) is 4.98 Å². The fourth-order valence-electron chi connectivity index (χ4n) is 1.31. The van der Waals surface area contributed by atoms with Crippen molar-refractivity contribution in [2.75, 3.05) is 11.1 Å². The van der Waals surface area contributed by atoms with Crippen molar-refractivity contribution in [2.45, 2.75) is 4.90 Å². The summed E-state index contributed by atoms with van der Waals surface area (Å²) in [6.45, 7) is 0. The molecule has 1 N–H and O–H groups in total. The number of halogens is 2. The summed E-state index contributed by atoms with van der Waals surface area (Å²) >= 11 is 10.6. The molecule has 1 amide bonds. The van der Waals surface area contributed by atoms with E-state index in [2.05, 4.69) is 26.2 Å². The molecule has 1 heterocycles. The van der Waals surface area contributed by atoms with Crippen molar-refractivity contribution in [3.05, 3.63) is 52.1 Å². The molecule has 0 atom stereocenters. The molecule has 0 aliphatic heterocycles.